The van der Waals surface area contributed by atoms with Crippen molar-refractivity contribution in [2.24, 2.45) is 0 Å². The predicted molar refractivity (Wildman–Crippen MR) is 80.9 cm³/mol. The van der Waals surface area contributed by atoms with Crippen LogP contribution in [0.25, 0.3) is 0 Å². The van der Waals surface area contributed by atoms with E-state index in [2.05, 4.69) is 0 Å². The average Bonchev–Trinajstić information content (AvgIpc) is 2.97. The first-order chi connectivity index (χ1) is 10.1. The molecular formula is C17H15ClFNO. The highest BCUT2D eigenvalue weighted by atomic mass is 35.5. The molecule has 21 heavy (non-hydrogen) atoms. The number of carbonyl (C=O) groups excluding carboxylic acids is 1. The zero-order valence-electron chi connectivity index (χ0n) is 11.4. The van der Waals surface area contributed by atoms with Crippen molar-refractivity contribution in [2.75, 3.05) is 6.54 Å². The van der Waals surface area contributed by atoms with Gasteiger partial charge in [0.2, 0.25) is 0 Å². The molecule has 108 valence electrons. The van der Waals surface area contributed by atoms with E-state index >= 15 is 0 Å². The van der Waals surface area contributed by atoms with Crippen LogP contribution in [0.4, 0.5) is 4.39 Å². The van der Waals surface area contributed by atoms with Crippen molar-refractivity contribution in [3.8, 4) is 0 Å². The van der Waals surface area contributed by atoms with Crippen molar-refractivity contribution in [3.63, 3.8) is 0 Å². The van der Waals surface area contributed by atoms with Gasteiger partial charge in [0, 0.05) is 17.1 Å². The normalized spacial score (nSPS) is 18.0. The van der Waals surface area contributed by atoms with Crippen LogP contribution in [0.1, 0.15) is 34.8 Å². The topological polar surface area (TPSA) is 20.3 Å². The lowest BCUT2D eigenvalue weighted by Gasteiger charge is -2.25. The fourth-order valence-corrected chi connectivity index (χ4v) is 2.93. The SMILES string of the molecule is O=C(c1ccc(F)cc1)N1CCC[C@H]1c1ccc(Cl)cc1. The van der Waals surface area contributed by atoms with Crippen LogP contribution in [0.5, 0.6) is 0 Å². The molecule has 2 nitrogen and oxygen atoms in total. The average molecular weight is 304 g/mol. The quantitative estimate of drug-likeness (QED) is 0.802. The van der Waals surface area contributed by atoms with Crippen molar-refractivity contribution in [2.45, 2.75) is 18.9 Å². The summed E-state index contributed by atoms with van der Waals surface area (Å²) in [6.45, 7) is 0.726. The van der Waals surface area contributed by atoms with E-state index in [1.165, 1.54) is 24.3 Å². The van der Waals surface area contributed by atoms with Gasteiger partial charge in [-0.15, -0.1) is 0 Å². The fraction of sp³-hybridized carbons (Fsp3) is 0.235. The summed E-state index contributed by atoms with van der Waals surface area (Å²) in [5.74, 6) is -0.380. The van der Waals surface area contributed by atoms with Gasteiger partial charge in [-0.3, -0.25) is 4.79 Å². The van der Waals surface area contributed by atoms with Gasteiger partial charge < -0.3 is 4.90 Å². The number of nitrogens with zero attached hydrogens (tertiary/aromatic N) is 1. The van der Waals surface area contributed by atoms with Crippen LogP contribution in [0, 0.1) is 5.82 Å². The molecule has 1 fully saturated rings. The highest BCUT2D eigenvalue weighted by Crippen LogP contribution is 2.33. The molecule has 2 aromatic rings. The molecule has 1 atom stereocenters. The Bertz CT molecular complexity index is 639. The third-order valence-electron chi connectivity index (χ3n) is 3.86. The Kier molecular flexibility index (Phi) is 3.93. The van der Waals surface area contributed by atoms with Gasteiger partial charge in [-0.2, -0.15) is 0 Å². The Balaban J connectivity index is 1.85. The lowest BCUT2D eigenvalue weighted by atomic mass is 10.0. The maximum Gasteiger partial charge on any atom is 0.254 e. The van der Waals surface area contributed by atoms with Crippen LogP contribution in [-0.4, -0.2) is 17.4 Å². The number of hydrogen-bond donors (Lipinski definition) is 0. The summed E-state index contributed by atoms with van der Waals surface area (Å²) < 4.78 is 13.0. The van der Waals surface area contributed by atoms with Crippen molar-refractivity contribution in [1.29, 1.82) is 0 Å². The van der Waals surface area contributed by atoms with Gasteiger partial charge in [0.25, 0.3) is 5.91 Å². The maximum absolute atomic E-state index is 13.0. The van der Waals surface area contributed by atoms with Crippen LogP contribution in [-0.2, 0) is 0 Å². The molecule has 4 heteroatoms. The molecule has 2 aromatic carbocycles. The van der Waals surface area contributed by atoms with Crippen LogP contribution in [0.3, 0.4) is 0 Å². The summed E-state index contributed by atoms with van der Waals surface area (Å²) in [4.78, 5) is 14.4. The maximum atomic E-state index is 13.0. The summed E-state index contributed by atoms with van der Waals surface area (Å²) in [7, 11) is 0. The second-order valence-electron chi connectivity index (χ2n) is 5.22. The summed E-state index contributed by atoms with van der Waals surface area (Å²) in [5, 5.41) is 0.688. The number of benzene rings is 2. The second kappa shape index (κ2) is 5.86. The first kappa shape index (κ1) is 14.1. The smallest absolute Gasteiger partial charge is 0.254 e. The number of halogens is 2. The number of likely N-dealkylation sites (tertiary alicyclic amines) is 1. The lowest BCUT2D eigenvalue weighted by Crippen LogP contribution is -2.30. The minimum Gasteiger partial charge on any atom is -0.332 e. The highest BCUT2D eigenvalue weighted by molar-refractivity contribution is 6.30. The minimum atomic E-state index is -0.331. The Morgan fingerprint density at radius 3 is 2.43 bits per heavy atom. The number of hydrogen-bond acceptors (Lipinski definition) is 1. The van der Waals surface area contributed by atoms with E-state index in [-0.39, 0.29) is 17.8 Å². The lowest BCUT2D eigenvalue weighted by molar-refractivity contribution is 0.0735. The molecule has 0 spiro atoms. The van der Waals surface area contributed by atoms with E-state index in [9.17, 15) is 9.18 Å². The Morgan fingerprint density at radius 1 is 1.10 bits per heavy atom. The summed E-state index contributed by atoms with van der Waals surface area (Å²) in [6, 6.07) is 13.4. The minimum absolute atomic E-state index is 0.0487. The van der Waals surface area contributed by atoms with Crippen LogP contribution >= 0.6 is 11.6 Å². The zero-order valence-corrected chi connectivity index (χ0v) is 12.2. The van der Waals surface area contributed by atoms with Gasteiger partial charge in [-0.05, 0) is 54.8 Å². The number of carbonyl (C=O) groups is 1. The molecule has 0 N–H and O–H groups in total. The molecule has 3 rings (SSSR count). The molecule has 1 saturated heterocycles. The summed E-state index contributed by atoms with van der Waals surface area (Å²) in [5.41, 5.74) is 1.62. The van der Waals surface area contributed by atoms with E-state index in [1.807, 2.05) is 29.2 Å². The van der Waals surface area contributed by atoms with Gasteiger partial charge >= 0.3 is 0 Å². The molecule has 1 aliphatic rings. The van der Waals surface area contributed by atoms with E-state index < -0.39 is 0 Å². The highest BCUT2D eigenvalue weighted by Gasteiger charge is 2.30. The Morgan fingerprint density at radius 2 is 1.76 bits per heavy atom. The largest absolute Gasteiger partial charge is 0.332 e. The van der Waals surface area contributed by atoms with Gasteiger partial charge in [0.15, 0.2) is 0 Å². The number of amides is 1. The Labute approximate surface area is 128 Å². The third-order valence-corrected chi connectivity index (χ3v) is 4.11. The van der Waals surface area contributed by atoms with Gasteiger partial charge in [-0.1, -0.05) is 23.7 Å². The number of rotatable bonds is 2. The zero-order chi connectivity index (χ0) is 14.8. The molecule has 1 amide bonds. The van der Waals surface area contributed by atoms with Crippen molar-refractivity contribution in [1.82, 2.24) is 4.90 Å². The molecule has 0 aromatic heterocycles. The molecule has 0 aliphatic carbocycles. The van der Waals surface area contributed by atoms with Crippen molar-refractivity contribution >= 4 is 17.5 Å². The van der Waals surface area contributed by atoms with Gasteiger partial charge in [0.1, 0.15) is 5.82 Å². The van der Waals surface area contributed by atoms with E-state index in [0.717, 1.165) is 24.9 Å². The second-order valence-corrected chi connectivity index (χ2v) is 5.65. The van der Waals surface area contributed by atoms with Gasteiger partial charge in [-0.25, -0.2) is 4.39 Å². The molecule has 0 saturated carbocycles. The molecule has 1 aliphatic heterocycles. The standard InChI is InChI=1S/C17H15ClFNO/c18-14-7-3-12(4-8-14)16-2-1-11-20(16)17(21)13-5-9-15(19)10-6-13/h3-10,16H,1-2,11H2/t16-/m0/s1. The Hall–Kier alpha value is -1.87. The van der Waals surface area contributed by atoms with Crippen molar-refractivity contribution < 1.29 is 9.18 Å². The van der Waals surface area contributed by atoms with Crippen LogP contribution in [0.15, 0.2) is 48.5 Å². The molecule has 0 radical (unpaired) electrons. The third kappa shape index (κ3) is 2.93. The first-order valence-electron chi connectivity index (χ1n) is 6.97. The summed E-state index contributed by atoms with van der Waals surface area (Å²) >= 11 is 5.91. The fourth-order valence-electron chi connectivity index (χ4n) is 2.80. The first-order valence-corrected chi connectivity index (χ1v) is 7.35. The van der Waals surface area contributed by atoms with Crippen LogP contribution in [0.2, 0.25) is 5.02 Å². The van der Waals surface area contributed by atoms with Gasteiger partial charge in [0.05, 0.1) is 6.04 Å². The monoisotopic (exact) mass is 303 g/mol. The van der Waals surface area contributed by atoms with E-state index in [0.29, 0.717) is 10.6 Å². The molecular weight excluding hydrogens is 289 g/mol. The molecule has 0 unspecified atom stereocenters. The molecule has 0 bridgehead atoms. The van der Waals surface area contributed by atoms with E-state index in [4.69, 9.17) is 11.6 Å². The summed E-state index contributed by atoms with van der Waals surface area (Å²) in [6.07, 6.45) is 1.91. The van der Waals surface area contributed by atoms with Crippen LogP contribution < -0.4 is 0 Å². The van der Waals surface area contributed by atoms with Crippen molar-refractivity contribution in [3.05, 3.63) is 70.5 Å². The molecule has 1 heterocycles. The predicted octanol–water partition coefficient (Wildman–Crippen LogP) is 4.46. The van der Waals surface area contributed by atoms with E-state index in [1.54, 1.807) is 0 Å².